The summed E-state index contributed by atoms with van der Waals surface area (Å²) in [7, 11) is 0. The largest absolute Gasteiger partial charge is 0.464 e. The Balaban J connectivity index is 1.53. The molecule has 5 nitrogen and oxygen atoms in total. The maximum atomic E-state index is 11.9. The number of hydrogen-bond donors (Lipinski definition) is 0. The Bertz CT molecular complexity index is 848. The molecular formula is C18H17NO4. The number of benzene rings is 2. The summed E-state index contributed by atoms with van der Waals surface area (Å²) in [5.41, 5.74) is 2.27. The van der Waals surface area contributed by atoms with E-state index in [0.717, 1.165) is 12.8 Å². The van der Waals surface area contributed by atoms with Gasteiger partial charge in [0.2, 0.25) is 0 Å². The first-order valence-corrected chi connectivity index (χ1v) is 7.52. The number of fused-ring (bicyclic) bond motifs is 1. The van der Waals surface area contributed by atoms with Crippen LogP contribution in [0, 0.1) is 0 Å². The monoisotopic (exact) mass is 311 g/mol. The highest BCUT2D eigenvalue weighted by Crippen LogP contribution is 2.11. The first kappa shape index (κ1) is 15.1. The molecular weight excluding hydrogens is 294 g/mol. The number of para-hydroxylation sites is 2. The van der Waals surface area contributed by atoms with Crippen LogP contribution in [0.25, 0.3) is 11.1 Å². The molecule has 5 heteroatoms. The highest BCUT2D eigenvalue weighted by molar-refractivity contribution is 5.76. The maximum Gasteiger partial charge on any atom is 0.420 e. The number of carbonyl (C=O) groups excluding carboxylic acids is 1. The van der Waals surface area contributed by atoms with E-state index in [1.807, 2.05) is 30.3 Å². The first-order chi connectivity index (χ1) is 11.2. The van der Waals surface area contributed by atoms with E-state index in [-0.39, 0.29) is 6.54 Å². The van der Waals surface area contributed by atoms with Crippen LogP contribution in [0.3, 0.4) is 0 Å². The molecule has 0 N–H and O–H groups in total. The van der Waals surface area contributed by atoms with Crippen LogP contribution in [0.15, 0.2) is 63.8 Å². The van der Waals surface area contributed by atoms with Crippen LogP contribution in [0.5, 0.6) is 0 Å². The second kappa shape index (κ2) is 6.96. The average molecular weight is 311 g/mol. The molecule has 0 aliphatic rings. The zero-order valence-electron chi connectivity index (χ0n) is 12.6. The van der Waals surface area contributed by atoms with Gasteiger partial charge in [-0.2, -0.15) is 0 Å². The third-order valence-corrected chi connectivity index (χ3v) is 3.58. The van der Waals surface area contributed by atoms with Gasteiger partial charge in [0.25, 0.3) is 0 Å². The van der Waals surface area contributed by atoms with Gasteiger partial charge in [0, 0.05) is 0 Å². The van der Waals surface area contributed by atoms with Gasteiger partial charge in [-0.1, -0.05) is 42.5 Å². The summed E-state index contributed by atoms with van der Waals surface area (Å²) in [4.78, 5) is 23.7. The second-order valence-corrected chi connectivity index (χ2v) is 5.23. The lowest BCUT2D eigenvalue weighted by Gasteiger charge is -2.05. The Kier molecular flexibility index (Phi) is 4.57. The Hall–Kier alpha value is -2.82. The topological polar surface area (TPSA) is 61.4 Å². The van der Waals surface area contributed by atoms with E-state index in [1.54, 1.807) is 24.3 Å². The van der Waals surface area contributed by atoms with Crippen molar-refractivity contribution >= 4 is 17.1 Å². The molecule has 0 bridgehead atoms. The SMILES string of the molecule is O=C(Cn1c(=O)oc2ccccc21)OCCCc1ccccc1. The number of aryl methyl sites for hydroxylation is 1. The van der Waals surface area contributed by atoms with Gasteiger partial charge < -0.3 is 9.15 Å². The zero-order valence-corrected chi connectivity index (χ0v) is 12.6. The summed E-state index contributed by atoms with van der Waals surface area (Å²) in [6, 6.07) is 17.0. The molecule has 118 valence electrons. The molecule has 0 spiro atoms. The van der Waals surface area contributed by atoms with Crippen LogP contribution in [0.4, 0.5) is 0 Å². The van der Waals surface area contributed by atoms with Crippen molar-refractivity contribution in [2.45, 2.75) is 19.4 Å². The molecule has 0 fully saturated rings. The predicted molar refractivity (Wildman–Crippen MR) is 86.2 cm³/mol. The molecule has 3 aromatic rings. The molecule has 0 saturated carbocycles. The third kappa shape index (κ3) is 3.69. The van der Waals surface area contributed by atoms with E-state index >= 15 is 0 Å². The van der Waals surface area contributed by atoms with Gasteiger partial charge >= 0.3 is 11.7 Å². The number of ether oxygens (including phenoxy) is 1. The number of hydrogen-bond acceptors (Lipinski definition) is 4. The molecule has 2 aromatic carbocycles. The number of esters is 1. The summed E-state index contributed by atoms with van der Waals surface area (Å²) < 4.78 is 11.6. The highest BCUT2D eigenvalue weighted by Gasteiger charge is 2.12. The molecule has 0 aliphatic carbocycles. The Morgan fingerprint density at radius 2 is 1.78 bits per heavy atom. The minimum atomic E-state index is -0.549. The Morgan fingerprint density at radius 1 is 1.04 bits per heavy atom. The number of nitrogens with zero attached hydrogens (tertiary/aromatic N) is 1. The van der Waals surface area contributed by atoms with Crippen LogP contribution in [-0.2, 0) is 22.5 Å². The Labute approximate surface area is 133 Å². The zero-order chi connectivity index (χ0) is 16.1. The smallest absolute Gasteiger partial charge is 0.420 e. The Morgan fingerprint density at radius 3 is 2.61 bits per heavy atom. The molecule has 0 radical (unpaired) electrons. The van der Waals surface area contributed by atoms with Crippen molar-refractivity contribution in [2.24, 2.45) is 0 Å². The van der Waals surface area contributed by atoms with Crippen molar-refractivity contribution in [3.63, 3.8) is 0 Å². The van der Waals surface area contributed by atoms with Crippen molar-refractivity contribution in [1.29, 1.82) is 0 Å². The van der Waals surface area contributed by atoms with Crippen molar-refractivity contribution in [3.8, 4) is 0 Å². The van der Waals surface area contributed by atoms with Crippen molar-refractivity contribution in [3.05, 3.63) is 70.7 Å². The lowest BCUT2D eigenvalue weighted by Crippen LogP contribution is -2.22. The van der Waals surface area contributed by atoms with E-state index < -0.39 is 11.7 Å². The van der Waals surface area contributed by atoms with Gasteiger partial charge in [0.05, 0.1) is 12.1 Å². The van der Waals surface area contributed by atoms with Gasteiger partial charge in [0.1, 0.15) is 6.54 Å². The van der Waals surface area contributed by atoms with E-state index in [2.05, 4.69) is 0 Å². The number of rotatable bonds is 6. The maximum absolute atomic E-state index is 11.9. The average Bonchev–Trinajstić information content (AvgIpc) is 2.88. The fourth-order valence-corrected chi connectivity index (χ4v) is 2.45. The predicted octanol–water partition coefficient (Wildman–Crippen LogP) is 2.77. The minimum absolute atomic E-state index is 0.138. The lowest BCUT2D eigenvalue weighted by atomic mass is 10.1. The molecule has 0 amide bonds. The van der Waals surface area contributed by atoms with E-state index in [9.17, 15) is 9.59 Å². The fraction of sp³-hybridized carbons (Fsp3) is 0.222. The van der Waals surface area contributed by atoms with Gasteiger partial charge in [-0.3, -0.25) is 9.36 Å². The van der Waals surface area contributed by atoms with Crippen LogP contribution >= 0.6 is 0 Å². The highest BCUT2D eigenvalue weighted by atomic mass is 16.5. The molecule has 0 unspecified atom stereocenters. The van der Waals surface area contributed by atoms with Crippen molar-refractivity contribution < 1.29 is 13.9 Å². The quantitative estimate of drug-likeness (QED) is 0.519. The molecule has 3 rings (SSSR count). The number of aromatic nitrogens is 1. The summed E-state index contributed by atoms with van der Waals surface area (Å²) in [6.07, 6.45) is 1.60. The van der Waals surface area contributed by atoms with Gasteiger partial charge in [-0.05, 0) is 30.5 Å². The normalized spacial score (nSPS) is 10.8. The summed E-state index contributed by atoms with van der Waals surface area (Å²) in [5, 5.41) is 0. The van der Waals surface area contributed by atoms with Crippen LogP contribution in [0.1, 0.15) is 12.0 Å². The van der Waals surface area contributed by atoms with Crippen LogP contribution in [-0.4, -0.2) is 17.1 Å². The summed E-state index contributed by atoms with van der Waals surface area (Å²) in [6.45, 7) is 0.194. The minimum Gasteiger partial charge on any atom is -0.464 e. The third-order valence-electron chi connectivity index (χ3n) is 3.58. The first-order valence-electron chi connectivity index (χ1n) is 7.52. The molecule has 1 heterocycles. The van der Waals surface area contributed by atoms with Gasteiger partial charge in [-0.15, -0.1) is 0 Å². The standard InChI is InChI=1S/C18H17NO4/c20-17(22-12-6-9-14-7-2-1-3-8-14)13-19-15-10-4-5-11-16(15)23-18(19)21/h1-5,7-8,10-11H,6,9,12-13H2. The fourth-order valence-electron chi connectivity index (χ4n) is 2.45. The van der Waals surface area contributed by atoms with E-state index in [1.165, 1.54) is 10.1 Å². The molecule has 23 heavy (non-hydrogen) atoms. The molecule has 1 aromatic heterocycles. The number of carbonyl (C=O) groups is 1. The second-order valence-electron chi connectivity index (χ2n) is 5.23. The number of oxazole rings is 1. The van der Waals surface area contributed by atoms with E-state index in [0.29, 0.717) is 17.7 Å². The van der Waals surface area contributed by atoms with Gasteiger partial charge in [-0.25, -0.2) is 4.79 Å². The van der Waals surface area contributed by atoms with Crippen LogP contribution in [0.2, 0.25) is 0 Å². The summed E-state index contributed by atoms with van der Waals surface area (Å²) >= 11 is 0. The molecule has 0 atom stereocenters. The lowest BCUT2D eigenvalue weighted by molar-refractivity contribution is -0.144. The molecule has 0 aliphatic heterocycles. The van der Waals surface area contributed by atoms with Crippen LogP contribution < -0.4 is 5.76 Å². The van der Waals surface area contributed by atoms with Crippen molar-refractivity contribution in [1.82, 2.24) is 4.57 Å². The summed E-state index contributed by atoms with van der Waals surface area (Å²) in [5.74, 6) is -0.987. The van der Waals surface area contributed by atoms with E-state index in [4.69, 9.17) is 9.15 Å². The van der Waals surface area contributed by atoms with Crippen molar-refractivity contribution in [2.75, 3.05) is 6.61 Å². The van der Waals surface area contributed by atoms with Gasteiger partial charge in [0.15, 0.2) is 5.58 Å². The molecule has 0 saturated heterocycles.